The third-order valence-corrected chi connectivity index (χ3v) is 3.82. The predicted octanol–water partition coefficient (Wildman–Crippen LogP) is 1.14. The zero-order chi connectivity index (χ0) is 17.1. The number of nitrogens with two attached hydrogens (primary N) is 1. The first-order valence-corrected chi connectivity index (χ1v) is 7.07. The molecule has 0 aromatic carbocycles. The van der Waals surface area contributed by atoms with Crippen LogP contribution >= 0.6 is 0 Å². The Hall–Kier alpha value is -3.43. The molecule has 0 aliphatic carbocycles. The van der Waals surface area contributed by atoms with E-state index in [9.17, 15) is 9.90 Å². The largest absolute Gasteiger partial charge is 0.479 e. The molecule has 10 heteroatoms. The van der Waals surface area contributed by atoms with Crippen LogP contribution in [0, 0.1) is 0 Å². The maximum Gasteiger partial charge on any atom is 0.331 e. The molecule has 4 aromatic rings. The van der Waals surface area contributed by atoms with Crippen LogP contribution in [0.1, 0.15) is 13.8 Å². The van der Waals surface area contributed by atoms with E-state index in [1.54, 1.807) is 12.1 Å². The van der Waals surface area contributed by atoms with E-state index in [0.717, 1.165) is 0 Å². The molecule has 0 saturated carbocycles. The molecule has 4 heterocycles. The first-order chi connectivity index (χ1) is 11.4. The second-order valence-electron chi connectivity index (χ2n) is 5.78. The van der Waals surface area contributed by atoms with Crippen LogP contribution in [-0.2, 0) is 10.3 Å². The second kappa shape index (κ2) is 4.54. The van der Waals surface area contributed by atoms with E-state index in [2.05, 4.69) is 20.2 Å². The Bertz CT molecular complexity index is 1080. The molecule has 0 aliphatic rings. The van der Waals surface area contributed by atoms with Crippen LogP contribution in [0.4, 0.5) is 5.95 Å². The van der Waals surface area contributed by atoms with E-state index in [0.29, 0.717) is 28.3 Å². The van der Waals surface area contributed by atoms with Gasteiger partial charge in [-0.15, -0.1) is 5.10 Å². The maximum atomic E-state index is 11.5. The summed E-state index contributed by atoms with van der Waals surface area (Å²) in [6, 6.07) is 3.46. The molecule has 0 amide bonds. The Morgan fingerprint density at radius 1 is 1.33 bits per heavy atom. The van der Waals surface area contributed by atoms with Crippen molar-refractivity contribution in [3.8, 4) is 11.6 Å². The van der Waals surface area contributed by atoms with Gasteiger partial charge in [-0.25, -0.2) is 14.5 Å². The van der Waals surface area contributed by atoms with Crippen molar-refractivity contribution in [2.24, 2.45) is 0 Å². The maximum absolute atomic E-state index is 11.5. The van der Waals surface area contributed by atoms with Gasteiger partial charge >= 0.3 is 5.97 Å². The van der Waals surface area contributed by atoms with Crippen LogP contribution in [0.5, 0.6) is 0 Å². The van der Waals surface area contributed by atoms with E-state index in [-0.39, 0.29) is 5.95 Å². The first kappa shape index (κ1) is 14.2. The Morgan fingerprint density at radius 2 is 2.12 bits per heavy atom. The van der Waals surface area contributed by atoms with Gasteiger partial charge in [-0.1, -0.05) is 0 Å². The minimum atomic E-state index is -1.29. The number of aliphatic carboxylic acids is 1. The fraction of sp³-hybridized carbons (Fsp3) is 0.214. The summed E-state index contributed by atoms with van der Waals surface area (Å²) < 4.78 is 7.98. The average molecular weight is 327 g/mol. The van der Waals surface area contributed by atoms with Gasteiger partial charge in [-0.05, 0) is 26.0 Å². The van der Waals surface area contributed by atoms with E-state index < -0.39 is 11.5 Å². The summed E-state index contributed by atoms with van der Waals surface area (Å²) in [7, 11) is 0. The molecular weight excluding hydrogens is 314 g/mol. The molecule has 4 rings (SSSR count). The van der Waals surface area contributed by atoms with Gasteiger partial charge in [0.2, 0.25) is 11.8 Å². The van der Waals surface area contributed by atoms with Gasteiger partial charge in [-0.2, -0.15) is 14.6 Å². The minimum Gasteiger partial charge on any atom is -0.479 e. The van der Waals surface area contributed by atoms with Gasteiger partial charge in [-0.3, -0.25) is 0 Å². The summed E-state index contributed by atoms with van der Waals surface area (Å²) in [5.74, 6) is -0.119. The van der Waals surface area contributed by atoms with Gasteiger partial charge in [0.25, 0.3) is 0 Å². The van der Waals surface area contributed by atoms with E-state index in [4.69, 9.17) is 10.2 Å². The molecule has 0 radical (unpaired) electrons. The lowest BCUT2D eigenvalue weighted by molar-refractivity contribution is -0.146. The Balaban J connectivity index is 2.02. The molecule has 0 saturated heterocycles. The molecule has 24 heavy (non-hydrogen) atoms. The number of carboxylic acid groups (broad SMARTS) is 1. The highest BCUT2D eigenvalue weighted by Crippen LogP contribution is 2.26. The topological polar surface area (TPSA) is 137 Å². The van der Waals surface area contributed by atoms with Crippen molar-refractivity contribution in [1.82, 2.24) is 29.4 Å². The quantitative estimate of drug-likeness (QED) is 0.571. The lowest BCUT2D eigenvalue weighted by atomic mass is 10.1. The molecular formula is C14H13N7O3. The number of nitrogens with zero attached hydrogens (tertiary/aromatic N) is 6. The van der Waals surface area contributed by atoms with Crippen molar-refractivity contribution >= 4 is 28.6 Å². The second-order valence-corrected chi connectivity index (χ2v) is 5.78. The lowest BCUT2D eigenvalue weighted by Crippen LogP contribution is -2.36. The van der Waals surface area contributed by atoms with Crippen LogP contribution in [0.25, 0.3) is 28.3 Å². The summed E-state index contributed by atoms with van der Waals surface area (Å²) in [5, 5.41) is 18.4. The zero-order valence-corrected chi connectivity index (χ0v) is 12.8. The molecule has 0 bridgehead atoms. The molecule has 10 nitrogen and oxygen atoms in total. The summed E-state index contributed by atoms with van der Waals surface area (Å²) in [4.78, 5) is 20.2. The molecule has 0 atom stereocenters. The smallest absolute Gasteiger partial charge is 0.331 e. The van der Waals surface area contributed by atoms with E-state index >= 15 is 0 Å². The summed E-state index contributed by atoms with van der Waals surface area (Å²) in [6.45, 7) is 3.06. The molecule has 0 aliphatic heterocycles. The summed E-state index contributed by atoms with van der Waals surface area (Å²) in [5.41, 5.74) is 5.43. The Morgan fingerprint density at radius 3 is 2.79 bits per heavy atom. The molecule has 0 unspecified atom stereocenters. The SMILES string of the molecule is CC(C)(C(=O)O)n1ncc2c1nc(N)n1nc(-c3ccco3)nc21. The van der Waals surface area contributed by atoms with Gasteiger partial charge in [0.15, 0.2) is 22.6 Å². The van der Waals surface area contributed by atoms with Crippen molar-refractivity contribution < 1.29 is 14.3 Å². The number of rotatable bonds is 3. The summed E-state index contributed by atoms with van der Waals surface area (Å²) >= 11 is 0. The molecule has 0 spiro atoms. The highest BCUT2D eigenvalue weighted by atomic mass is 16.4. The fourth-order valence-electron chi connectivity index (χ4n) is 2.42. The number of aromatic nitrogens is 6. The first-order valence-electron chi connectivity index (χ1n) is 7.07. The normalized spacial score (nSPS) is 12.2. The number of carbonyl (C=O) groups is 1. The number of fused-ring (bicyclic) bond motifs is 3. The van der Waals surface area contributed by atoms with Crippen molar-refractivity contribution in [1.29, 1.82) is 0 Å². The zero-order valence-electron chi connectivity index (χ0n) is 12.8. The van der Waals surface area contributed by atoms with Gasteiger partial charge in [0, 0.05) is 0 Å². The number of nitrogen functional groups attached to an aromatic ring is 1. The third-order valence-electron chi connectivity index (χ3n) is 3.82. The van der Waals surface area contributed by atoms with Crippen molar-refractivity contribution in [2.45, 2.75) is 19.4 Å². The highest BCUT2D eigenvalue weighted by molar-refractivity contribution is 5.91. The third kappa shape index (κ3) is 1.79. The molecule has 3 N–H and O–H groups in total. The van der Waals surface area contributed by atoms with Crippen LogP contribution in [0.3, 0.4) is 0 Å². The van der Waals surface area contributed by atoms with E-state index in [1.807, 2.05) is 0 Å². The van der Waals surface area contributed by atoms with Gasteiger partial charge in [0.05, 0.1) is 17.8 Å². The number of furan rings is 1. The van der Waals surface area contributed by atoms with Crippen molar-refractivity contribution in [3.05, 3.63) is 24.6 Å². The molecule has 122 valence electrons. The summed E-state index contributed by atoms with van der Waals surface area (Å²) in [6.07, 6.45) is 3.02. The fourth-order valence-corrected chi connectivity index (χ4v) is 2.42. The van der Waals surface area contributed by atoms with Gasteiger partial charge in [0.1, 0.15) is 0 Å². The van der Waals surface area contributed by atoms with Crippen LogP contribution in [-0.4, -0.2) is 40.4 Å². The predicted molar refractivity (Wildman–Crippen MR) is 83.1 cm³/mol. The molecule has 0 fully saturated rings. The monoisotopic (exact) mass is 327 g/mol. The van der Waals surface area contributed by atoms with Gasteiger partial charge < -0.3 is 15.3 Å². The van der Waals surface area contributed by atoms with E-state index in [1.165, 1.54) is 35.5 Å². The van der Waals surface area contributed by atoms with Crippen LogP contribution in [0.15, 0.2) is 29.0 Å². The van der Waals surface area contributed by atoms with Crippen molar-refractivity contribution in [2.75, 3.05) is 5.73 Å². The van der Waals surface area contributed by atoms with Crippen molar-refractivity contribution in [3.63, 3.8) is 0 Å². The number of anilines is 1. The Labute approximate surface area is 134 Å². The van der Waals surface area contributed by atoms with Crippen LogP contribution < -0.4 is 5.73 Å². The number of hydrogen-bond acceptors (Lipinski definition) is 7. The lowest BCUT2D eigenvalue weighted by Gasteiger charge is -2.20. The number of carboxylic acids is 1. The molecule has 4 aromatic heterocycles. The Kier molecular flexibility index (Phi) is 2.68. The average Bonchev–Trinajstić information content (AvgIpc) is 3.25. The number of hydrogen-bond donors (Lipinski definition) is 2. The standard InChI is InChI=1S/C14H13N7O3/c1-14(2,12(22)23)21-11-7(6-16-21)10-17-9(8-4-3-5-24-8)19-20(10)13(15)18-11/h3-6H,1-2H3,(H2,15,18)(H,22,23). The minimum absolute atomic E-state index is 0.0748. The van der Waals surface area contributed by atoms with Crippen LogP contribution in [0.2, 0.25) is 0 Å². The highest BCUT2D eigenvalue weighted by Gasteiger charge is 2.33.